The Morgan fingerprint density at radius 3 is 2.30 bits per heavy atom. The predicted octanol–water partition coefficient (Wildman–Crippen LogP) is 2.07. The van der Waals surface area contributed by atoms with Crippen LogP contribution in [0.4, 0.5) is 0 Å². The van der Waals surface area contributed by atoms with E-state index in [0.717, 1.165) is 11.8 Å². The molecule has 4 rings (SSSR count). The summed E-state index contributed by atoms with van der Waals surface area (Å²) in [7, 11) is 0. The van der Waals surface area contributed by atoms with Crippen molar-refractivity contribution in [3.05, 3.63) is 23.8 Å². The summed E-state index contributed by atoms with van der Waals surface area (Å²) in [6.45, 7) is 9.14. The summed E-state index contributed by atoms with van der Waals surface area (Å²) in [6, 6.07) is -0.606. The maximum atomic E-state index is 13.3. The lowest BCUT2D eigenvalue weighted by atomic mass is 9.17. The number of aliphatic hydroxyl groups excluding tert-OH is 2. The van der Waals surface area contributed by atoms with Crippen molar-refractivity contribution in [2.24, 2.45) is 29.1 Å². The molecule has 4 aliphatic rings. The zero-order valence-electron chi connectivity index (χ0n) is 18.4. The second-order valence-corrected chi connectivity index (χ2v) is 9.99. The Kier molecular flexibility index (Phi) is 5.60. The van der Waals surface area contributed by atoms with E-state index in [1.54, 1.807) is 13.0 Å². The highest BCUT2D eigenvalue weighted by molar-refractivity contribution is 5.90. The molecule has 0 heterocycles. The first kappa shape index (κ1) is 21.6. The van der Waals surface area contributed by atoms with E-state index in [1.165, 1.54) is 19.3 Å². The molecule has 0 aromatic rings. The third kappa shape index (κ3) is 3.06. The first-order valence-electron chi connectivity index (χ1n) is 11.6. The van der Waals surface area contributed by atoms with E-state index in [1.807, 2.05) is 13.8 Å². The second-order valence-electron chi connectivity index (χ2n) is 9.99. The van der Waals surface area contributed by atoms with Crippen LogP contribution in [-0.2, 0) is 9.59 Å². The highest BCUT2D eigenvalue weighted by Gasteiger charge is 2.84. The van der Waals surface area contributed by atoms with Gasteiger partial charge in [0, 0.05) is 6.04 Å². The SMILES string of the molecule is C=C(C)C(O)CC(=O)NC(C(=O)NC1C2CC3CC4CC1C342)C(=CC(O)CC)CC. The fraction of sp³-hybridized carbons (Fsp3) is 0.750. The molecule has 2 amide bonds. The minimum atomic E-state index is -0.937. The van der Waals surface area contributed by atoms with Crippen molar-refractivity contribution in [3.8, 4) is 0 Å². The Hall–Kier alpha value is -1.66. The monoisotopic (exact) mass is 416 g/mol. The number of carbonyl (C=O) groups is 2. The molecule has 4 fully saturated rings. The van der Waals surface area contributed by atoms with Gasteiger partial charge in [-0.15, -0.1) is 0 Å². The predicted molar refractivity (Wildman–Crippen MR) is 114 cm³/mol. The molecule has 6 heteroatoms. The van der Waals surface area contributed by atoms with Crippen LogP contribution in [0.3, 0.4) is 0 Å². The first-order valence-corrected chi connectivity index (χ1v) is 11.6. The Labute approximate surface area is 179 Å². The molecule has 7 atom stereocenters. The lowest BCUT2D eigenvalue weighted by molar-refractivity contribution is -0.390. The highest BCUT2D eigenvalue weighted by atomic mass is 16.3. The lowest BCUT2D eigenvalue weighted by Crippen LogP contribution is -2.88. The van der Waals surface area contributed by atoms with Crippen molar-refractivity contribution >= 4 is 11.8 Å². The third-order valence-corrected chi connectivity index (χ3v) is 8.64. The molecular weight excluding hydrogens is 380 g/mol. The van der Waals surface area contributed by atoms with Crippen LogP contribution < -0.4 is 10.6 Å². The molecule has 0 bridgehead atoms. The fourth-order valence-corrected chi connectivity index (χ4v) is 6.92. The minimum Gasteiger partial charge on any atom is -0.389 e. The topological polar surface area (TPSA) is 98.7 Å². The number of rotatable bonds is 10. The minimum absolute atomic E-state index is 0.131. The molecule has 0 radical (unpaired) electrons. The maximum absolute atomic E-state index is 13.3. The molecule has 166 valence electrons. The molecule has 4 aliphatic carbocycles. The van der Waals surface area contributed by atoms with Gasteiger partial charge in [-0.05, 0) is 73.7 Å². The smallest absolute Gasteiger partial charge is 0.247 e. The largest absolute Gasteiger partial charge is 0.389 e. The molecule has 6 nitrogen and oxygen atoms in total. The van der Waals surface area contributed by atoms with Crippen molar-refractivity contribution in [3.63, 3.8) is 0 Å². The highest BCUT2D eigenvalue weighted by Crippen LogP contribution is 2.87. The Balaban J connectivity index is 1.45. The van der Waals surface area contributed by atoms with E-state index in [9.17, 15) is 19.8 Å². The number of aliphatic hydroxyl groups is 2. The standard InChI is InChI=1S/C24H36N2O4/c1-5-13(7-16(27)6-2)21(25-20(29)11-19(28)12(3)4)23(30)26-22-17-9-14-8-15-10-18(22)24(14,15)17/h7,14-19,21-22,27-28H,3,5-6,8-11H2,1-2,4H3,(H,25,29)(H,26,30). The van der Waals surface area contributed by atoms with E-state index >= 15 is 0 Å². The average molecular weight is 417 g/mol. The van der Waals surface area contributed by atoms with Gasteiger partial charge in [0.2, 0.25) is 11.8 Å². The van der Waals surface area contributed by atoms with E-state index in [2.05, 4.69) is 17.2 Å². The van der Waals surface area contributed by atoms with Gasteiger partial charge in [0.25, 0.3) is 0 Å². The summed E-state index contributed by atoms with van der Waals surface area (Å²) in [4.78, 5) is 25.8. The maximum Gasteiger partial charge on any atom is 0.247 e. The lowest BCUT2D eigenvalue weighted by Gasteiger charge is -2.88. The van der Waals surface area contributed by atoms with Crippen LogP contribution in [0.15, 0.2) is 23.8 Å². The third-order valence-electron chi connectivity index (χ3n) is 8.64. The van der Waals surface area contributed by atoms with Crippen molar-refractivity contribution in [1.82, 2.24) is 10.6 Å². The number of amides is 2. The van der Waals surface area contributed by atoms with E-state index in [-0.39, 0.29) is 18.4 Å². The molecule has 1 spiro atoms. The molecule has 0 saturated heterocycles. The van der Waals surface area contributed by atoms with Gasteiger partial charge in [-0.3, -0.25) is 9.59 Å². The van der Waals surface area contributed by atoms with Crippen molar-refractivity contribution in [2.75, 3.05) is 0 Å². The molecule has 7 unspecified atom stereocenters. The van der Waals surface area contributed by atoms with Gasteiger partial charge in [-0.25, -0.2) is 0 Å². The number of hydrogen-bond acceptors (Lipinski definition) is 4. The van der Waals surface area contributed by atoms with Crippen molar-refractivity contribution in [2.45, 2.75) is 83.6 Å². The van der Waals surface area contributed by atoms with Gasteiger partial charge in [0.1, 0.15) is 6.04 Å². The summed E-state index contributed by atoms with van der Waals surface area (Å²) in [6.07, 6.45) is 4.88. The zero-order valence-corrected chi connectivity index (χ0v) is 18.4. The van der Waals surface area contributed by atoms with Gasteiger partial charge in [-0.2, -0.15) is 0 Å². The number of nitrogens with one attached hydrogen (secondary N) is 2. The molecule has 0 aromatic heterocycles. The van der Waals surface area contributed by atoms with E-state index < -0.39 is 24.2 Å². The van der Waals surface area contributed by atoms with Crippen LogP contribution in [0.1, 0.15) is 59.3 Å². The summed E-state index contributed by atoms with van der Waals surface area (Å²) in [5.74, 6) is 2.42. The van der Waals surface area contributed by atoms with Gasteiger partial charge in [0.05, 0.1) is 18.6 Å². The average Bonchev–Trinajstić information content (AvgIpc) is 2.65. The van der Waals surface area contributed by atoms with Crippen LogP contribution in [0.2, 0.25) is 0 Å². The molecule has 0 aliphatic heterocycles. The molecular formula is C24H36N2O4. The normalized spacial score (nSPS) is 38.2. The second kappa shape index (κ2) is 7.79. The summed E-state index contributed by atoms with van der Waals surface area (Å²) < 4.78 is 0. The molecule has 4 N–H and O–H groups in total. The Morgan fingerprint density at radius 1 is 1.17 bits per heavy atom. The van der Waals surface area contributed by atoms with Crippen LogP contribution >= 0.6 is 0 Å². The molecule has 0 aromatic carbocycles. The summed E-state index contributed by atoms with van der Waals surface area (Å²) >= 11 is 0. The number of carbonyl (C=O) groups excluding carboxylic acids is 2. The van der Waals surface area contributed by atoms with Crippen LogP contribution in [0.5, 0.6) is 0 Å². The van der Waals surface area contributed by atoms with Gasteiger partial charge in [0.15, 0.2) is 0 Å². The van der Waals surface area contributed by atoms with Crippen molar-refractivity contribution < 1.29 is 19.8 Å². The van der Waals surface area contributed by atoms with Crippen LogP contribution in [-0.4, -0.2) is 46.3 Å². The van der Waals surface area contributed by atoms with Gasteiger partial charge >= 0.3 is 0 Å². The summed E-state index contributed by atoms with van der Waals surface area (Å²) in [5, 5.41) is 26.1. The molecule has 30 heavy (non-hydrogen) atoms. The molecule has 4 saturated carbocycles. The fourth-order valence-electron chi connectivity index (χ4n) is 6.92. The number of hydrogen-bond donors (Lipinski definition) is 4. The Bertz CT molecular complexity index is 753. The van der Waals surface area contributed by atoms with Crippen LogP contribution in [0, 0.1) is 29.1 Å². The first-order chi connectivity index (χ1) is 14.2. The zero-order chi connectivity index (χ0) is 21.8. The van der Waals surface area contributed by atoms with Gasteiger partial charge in [-0.1, -0.05) is 32.1 Å². The van der Waals surface area contributed by atoms with E-state index in [0.29, 0.717) is 41.2 Å². The summed E-state index contributed by atoms with van der Waals surface area (Å²) in [5.41, 5.74) is 1.78. The Morgan fingerprint density at radius 2 is 1.80 bits per heavy atom. The van der Waals surface area contributed by atoms with Crippen LogP contribution in [0.25, 0.3) is 0 Å². The van der Waals surface area contributed by atoms with E-state index in [4.69, 9.17) is 0 Å². The van der Waals surface area contributed by atoms with Gasteiger partial charge < -0.3 is 20.8 Å². The van der Waals surface area contributed by atoms with Crippen molar-refractivity contribution in [1.29, 1.82) is 0 Å². The quantitative estimate of drug-likeness (QED) is 0.410.